The van der Waals surface area contributed by atoms with E-state index in [1.54, 1.807) is 24.3 Å². The van der Waals surface area contributed by atoms with Crippen LogP contribution in [0.15, 0.2) is 24.3 Å². The minimum absolute atomic E-state index is 0.0390. The van der Waals surface area contributed by atoms with Gasteiger partial charge < -0.3 is 0 Å². The lowest BCUT2D eigenvalue weighted by Crippen LogP contribution is -2.31. The van der Waals surface area contributed by atoms with Crippen LogP contribution in [0.25, 0.3) is 0 Å². The molecule has 0 atom stereocenters. The smallest absolute Gasteiger partial charge is 0.234 e. The van der Waals surface area contributed by atoms with Crippen molar-refractivity contribution in [2.24, 2.45) is 5.41 Å². The Morgan fingerprint density at radius 1 is 1.26 bits per heavy atom. The Morgan fingerprint density at radius 3 is 2.37 bits per heavy atom. The number of anilines is 1. The maximum Gasteiger partial charge on any atom is 0.234 e. The second-order valence-corrected chi connectivity index (χ2v) is 7.84. The van der Waals surface area contributed by atoms with Crippen molar-refractivity contribution >= 4 is 15.7 Å². The van der Waals surface area contributed by atoms with Crippen LogP contribution in [0.1, 0.15) is 32.8 Å². The van der Waals surface area contributed by atoms with Crippen molar-refractivity contribution in [2.75, 3.05) is 17.1 Å². The maximum absolute atomic E-state index is 12.3. The van der Waals surface area contributed by atoms with Crippen molar-refractivity contribution in [3.8, 4) is 6.07 Å². The number of nitriles is 1. The predicted molar refractivity (Wildman–Crippen MR) is 77.4 cm³/mol. The van der Waals surface area contributed by atoms with Gasteiger partial charge in [0, 0.05) is 7.05 Å². The summed E-state index contributed by atoms with van der Waals surface area (Å²) >= 11 is 0. The van der Waals surface area contributed by atoms with Crippen LogP contribution in [-0.2, 0) is 10.0 Å². The van der Waals surface area contributed by atoms with Crippen LogP contribution in [0, 0.1) is 16.7 Å². The second kappa shape index (κ2) is 5.62. The number of nitrogens with zero attached hydrogens (tertiary/aromatic N) is 2. The first-order valence-electron chi connectivity index (χ1n) is 6.13. The molecule has 1 aromatic carbocycles. The lowest BCUT2D eigenvalue weighted by molar-refractivity contribution is 0.397. The zero-order valence-electron chi connectivity index (χ0n) is 11.8. The standard InChI is InChI=1S/C14H20N2O2S/c1-14(2,3)9-10-19(17,18)16(4)13-8-6-5-7-12(13)11-15/h5-8H,9-10H2,1-4H3. The highest BCUT2D eigenvalue weighted by molar-refractivity contribution is 7.92. The summed E-state index contributed by atoms with van der Waals surface area (Å²) in [5.74, 6) is 0.0762. The number of para-hydroxylation sites is 1. The third-order valence-corrected chi connectivity index (χ3v) is 4.64. The Kier molecular flexibility index (Phi) is 4.59. The molecule has 5 heteroatoms. The van der Waals surface area contributed by atoms with Gasteiger partial charge in [0.05, 0.1) is 17.0 Å². The van der Waals surface area contributed by atoms with Crippen molar-refractivity contribution in [1.29, 1.82) is 5.26 Å². The average Bonchev–Trinajstić information content (AvgIpc) is 2.35. The summed E-state index contributed by atoms with van der Waals surface area (Å²) in [6, 6.07) is 8.73. The summed E-state index contributed by atoms with van der Waals surface area (Å²) < 4.78 is 25.7. The van der Waals surface area contributed by atoms with Gasteiger partial charge in [0.2, 0.25) is 10.0 Å². The van der Waals surface area contributed by atoms with E-state index < -0.39 is 10.0 Å². The van der Waals surface area contributed by atoms with E-state index in [1.165, 1.54) is 11.4 Å². The molecule has 19 heavy (non-hydrogen) atoms. The van der Waals surface area contributed by atoms with E-state index >= 15 is 0 Å². The quantitative estimate of drug-likeness (QED) is 0.852. The number of sulfonamides is 1. The highest BCUT2D eigenvalue weighted by Crippen LogP contribution is 2.24. The van der Waals surface area contributed by atoms with Crippen LogP contribution in [0.4, 0.5) is 5.69 Å². The lowest BCUT2D eigenvalue weighted by Gasteiger charge is -2.23. The van der Waals surface area contributed by atoms with Gasteiger partial charge in [0.15, 0.2) is 0 Å². The van der Waals surface area contributed by atoms with E-state index in [2.05, 4.69) is 0 Å². The Balaban J connectivity index is 2.99. The molecule has 0 fully saturated rings. The van der Waals surface area contributed by atoms with Gasteiger partial charge in [0.1, 0.15) is 6.07 Å². The Labute approximate surface area is 115 Å². The van der Waals surface area contributed by atoms with Crippen LogP contribution >= 0.6 is 0 Å². The molecule has 0 aromatic heterocycles. The molecule has 4 nitrogen and oxygen atoms in total. The fraction of sp³-hybridized carbons (Fsp3) is 0.500. The van der Waals surface area contributed by atoms with Crippen LogP contribution in [-0.4, -0.2) is 21.2 Å². The van der Waals surface area contributed by atoms with Gasteiger partial charge in [-0.2, -0.15) is 5.26 Å². The van der Waals surface area contributed by atoms with Crippen molar-refractivity contribution in [3.63, 3.8) is 0 Å². The number of rotatable bonds is 4. The SMILES string of the molecule is CN(c1ccccc1C#N)S(=O)(=O)CCC(C)(C)C. The summed E-state index contributed by atoms with van der Waals surface area (Å²) in [5.41, 5.74) is 0.756. The molecule has 0 heterocycles. The molecule has 0 spiro atoms. The normalized spacial score (nSPS) is 11.9. The van der Waals surface area contributed by atoms with Gasteiger partial charge in [-0.05, 0) is 24.0 Å². The fourth-order valence-corrected chi connectivity index (χ4v) is 3.17. The molecule has 0 saturated carbocycles. The third kappa shape index (κ3) is 4.25. The van der Waals surface area contributed by atoms with Gasteiger partial charge in [-0.1, -0.05) is 32.9 Å². The third-order valence-electron chi connectivity index (χ3n) is 2.89. The molecule has 0 N–H and O–H groups in total. The molecule has 0 aliphatic rings. The van der Waals surface area contributed by atoms with Gasteiger partial charge in [-0.25, -0.2) is 8.42 Å². The van der Waals surface area contributed by atoms with Gasteiger partial charge in [0.25, 0.3) is 0 Å². The minimum Gasteiger partial charge on any atom is -0.272 e. The first kappa shape index (κ1) is 15.5. The zero-order valence-corrected chi connectivity index (χ0v) is 12.7. The summed E-state index contributed by atoms with van der Waals surface area (Å²) in [6.07, 6.45) is 0.578. The zero-order chi connectivity index (χ0) is 14.7. The molecule has 0 saturated heterocycles. The van der Waals surface area contributed by atoms with E-state index in [4.69, 9.17) is 5.26 Å². The van der Waals surface area contributed by atoms with Crippen molar-refractivity contribution in [3.05, 3.63) is 29.8 Å². The number of hydrogen-bond donors (Lipinski definition) is 0. The Morgan fingerprint density at radius 2 is 1.84 bits per heavy atom. The molecular weight excluding hydrogens is 260 g/mol. The first-order chi connectivity index (χ1) is 8.67. The summed E-state index contributed by atoms with van der Waals surface area (Å²) in [5, 5.41) is 9.02. The van der Waals surface area contributed by atoms with E-state index in [1.807, 2.05) is 26.8 Å². The minimum atomic E-state index is -3.40. The molecule has 0 aliphatic heterocycles. The topological polar surface area (TPSA) is 61.2 Å². The van der Waals surface area contributed by atoms with E-state index in [0.717, 1.165) is 0 Å². The number of benzene rings is 1. The maximum atomic E-state index is 12.3. The van der Waals surface area contributed by atoms with Gasteiger partial charge in [-0.3, -0.25) is 4.31 Å². The van der Waals surface area contributed by atoms with Crippen molar-refractivity contribution in [1.82, 2.24) is 0 Å². The van der Waals surface area contributed by atoms with Crippen molar-refractivity contribution < 1.29 is 8.42 Å². The highest BCUT2D eigenvalue weighted by Gasteiger charge is 2.23. The number of hydrogen-bond acceptors (Lipinski definition) is 3. The summed E-state index contributed by atoms with van der Waals surface area (Å²) in [7, 11) is -1.90. The molecule has 0 aliphatic carbocycles. The Hall–Kier alpha value is -1.54. The van der Waals surface area contributed by atoms with Crippen LogP contribution in [0.2, 0.25) is 0 Å². The van der Waals surface area contributed by atoms with Gasteiger partial charge in [-0.15, -0.1) is 0 Å². The molecular formula is C14H20N2O2S. The molecule has 1 aromatic rings. The first-order valence-corrected chi connectivity index (χ1v) is 7.74. The Bertz CT molecular complexity index is 580. The molecule has 0 radical (unpaired) electrons. The molecule has 1 rings (SSSR count). The van der Waals surface area contributed by atoms with Crippen LogP contribution < -0.4 is 4.31 Å². The molecule has 0 bridgehead atoms. The largest absolute Gasteiger partial charge is 0.272 e. The van der Waals surface area contributed by atoms with E-state index in [0.29, 0.717) is 17.7 Å². The molecule has 0 unspecified atom stereocenters. The molecule has 0 amide bonds. The second-order valence-electron chi connectivity index (χ2n) is 5.72. The van der Waals surface area contributed by atoms with E-state index in [9.17, 15) is 8.42 Å². The van der Waals surface area contributed by atoms with Crippen molar-refractivity contribution in [2.45, 2.75) is 27.2 Å². The van der Waals surface area contributed by atoms with Gasteiger partial charge >= 0.3 is 0 Å². The monoisotopic (exact) mass is 280 g/mol. The average molecular weight is 280 g/mol. The van der Waals surface area contributed by atoms with Crippen LogP contribution in [0.5, 0.6) is 0 Å². The summed E-state index contributed by atoms with van der Waals surface area (Å²) in [6.45, 7) is 6.02. The summed E-state index contributed by atoms with van der Waals surface area (Å²) in [4.78, 5) is 0. The highest BCUT2D eigenvalue weighted by atomic mass is 32.2. The molecule has 104 valence electrons. The predicted octanol–water partition coefficient (Wildman–Crippen LogP) is 2.76. The lowest BCUT2D eigenvalue weighted by atomic mass is 9.94. The fourth-order valence-electron chi connectivity index (χ4n) is 1.56. The van der Waals surface area contributed by atoms with E-state index in [-0.39, 0.29) is 11.2 Å². The van der Waals surface area contributed by atoms with Crippen LogP contribution in [0.3, 0.4) is 0 Å².